The molecule has 0 amide bonds. The van der Waals surface area contributed by atoms with Gasteiger partial charge in [0, 0.05) is 6.07 Å². The van der Waals surface area contributed by atoms with E-state index in [-0.39, 0.29) is 69.4 Å². The van der Waals surface area contributed by atoms with Crippen LogP contribution in [0.4, 0.5) is 0 Å². The molecule has 208 valence electrons. The van der Waals surface area contributed by atoms with Gasteiger partial charge in [-0.15, -0.1) is 0 Å². The highest BCUT2D eigenvalue weighted by Crippen LogP contribution is 2.47. The highest BCUT2D eigenvalue weighted by molar-refractivity contribution is 6.44. The maximum absolute atomic E-state index is 14.2. The van der Waals surface area contributed by atoms with Crippen molar-refractivity contribution in [3.8, 4) is 17.2 Å². The van der Waals surface area contributed by atoms with E-state index in [2.05, 4.69) is 0 Å². The van der Waals surface area contributed by atoms with Crippen LogP contribution in [0.2, 0.25) is 10.0 Å². The normalized spacial score (nSPS) is 12.0. The van der Waals surface area contributed by atoms with Crippen molar-refractivity contribution in [2.24, 2.45) is 0 Å². The van der Waals surface area contributed by atoms with Gasteiger partial charge in [0.2, 0.25) is 0 Å². The van der Waals surface area contributed by atoms with Crippen LogP contribution in [0.25, 0.3) is 0 Å². The number of carbonyl (C=O) groups excluding carboxylic acids is 2. The van der Waals surface area contributed by atoms with E-state index in [1.807, 2.05) is 91.0 Å². The number of hydrogen-bond donors (Lipinski definition) is 0. The van der Waals surface area contributed by atoms with Gasteiger partial charge in [-0.3, -0.25) is 9.59 Å². The molecule has 0 saturated carbocycles. The van der Waals surface area contributed by atoms with Crippen LogP contribution < -0.4 is 14.2 Å². The van der Waals surface area contributed by atoms with Crippen molar-refractivity contribution >= 4 is 34.8 Å². The first-order valence-corrected chi connectivity index (χ1v) is 14.1. The largest absolute Gasteiger partial charge is 0.488 e. The predicted molar refractivity (Wildman–Crippen MR) is 162 cm³/mol. The lowest BCUT2D eigenvalue weighted by molar-refractivity contribution is 0.0970. The molecular weight excluding hydrogens is 571 g/mol. The summed E-state index contributed by atoms with van der Waals surface area (Å²) in [5.41, 5.74) is 2.83. The lowest BCUT2D eigenvalue weighted by Gasteiger charge is -2.26. The van der Waals surface area contributed by atoms with Crippen LogP contribution in [0.1, 0.15) is 48.5 Å². The average Bonchev–Trinajstić information content (AvgIpc) is 3.03. The van der Waals surface area contributed by atoms with E-state index in [4.69, 9.17) is 37.4 Å². The van der Waals surface area contributed by atoms with Gasteiger partial charge in [-0.2, -0.15) is 0 Å². The number of fused-ring (bicyclic) bond motifs is 2. The second kappa shape index (κ2) is 12.1. The lowest BCUT2D eigenvalue weighted by Crippen LogP contribution is -2.24. The average molecular weight is 595 g/mol. The smallest absolute Gasteiger partial charge is 0.200 e. The lowest BCUT2D eigenvalue weighted by atomic mass is 9.82. The van der Waals surface area contributed by atoms with E-state index in [9.17, 15) is 9.59 Å². The summed E-state index contributed by atoms with van der Waals surface area (Å²) in [6, 6.07) is 33.3. The standard InChI is InChI=1S/C35H24Cl2O5/c36-25-16-17-26(37)30-29(25)33(38)31-27(40-19-22-10-4-1-5-11-22)18-28(41-20-23-12-6-2-7-13-23)35(32(31)34(30)39)42-21-24-14-8-3-9-15-24/h1-18H,19-21H2. The highest BCUT2D eigenvalue weighted by atomic mass is 35.5. The van der Waals surface area contributed by atoms with Crippen LogP contribution in [-0.2, 0) is 19.8 Å². The zero-order valence-corrected chi connectivity index (χ0v) is 23.8. The molecule has 0 atom stereocenters. The van der Waals surface area contributed by atoms with Gasteiger partial charge in [-0.1, -0.05) is 114 Å². The zero-order valence-electron chi connectivity index (χ0n) is 22.3. The highest BCUT2D eigenvalue weighted by Gasteiger charge is 2.40. The van der Waals surface area contributed by atoms with E-state index in [1.54, 1.807) is 6.07 Å². The van der Waals surface area contributed by atoms with Crippen LogP contribution in [0, 0.1) is 0 Å². The molecule has 5 nitrogen and oxygen atoms in total. The van der Waals surface area contributed by atoms with E-state index in [0.717, 1.165) is 16.7 Å². The molecule has 0 N–H and O–H groups in total. The summed E-state index contributed by atoms with van der Waals surface area (Å²) in [7, 11) is 0. The predicted octanol–water partition coefficient (Wildman–Crippen LogP) is 8.51. The first-order valence-electron chi connectivity index (χ1n) is 13.3. The van der Waals surface area contributed by atoms with Crippen LogP contribution in [0.5, 0.6) is 17.2 Å². The second-order valence-corrected chi connectivity index (χ2v) is 10.5. The number of rotatable bonds is 9. The minimum Gasteiger partial charge on any atom is -0.488 e. The number of ketones is 2. The third-order valence-corrected chi connectivity index (χ3v) is 7.55. The van der Waals surface area contributed by atoms with Crippen molar-refractivity contribution < 1.29 is 23.8 Å². The first kappa shape index (κ1) is 27.6. The summed E-state index contributed by atoms with van der Waals surface area (Å²) in [5, 5.41) is 0.248. The third kappa shape index (κ3) is 5.49. The Morgan fingerprint density at radius 3 is 1.33 bits per heavy atom. The van der Waals surface area contributed by atoms with Gasteiger partial charge in [-0.25, -0.2) is 0 Å². The first-order chi connectivity index (χ1) is 20.5. The molecule has 42 heavy (non-hydrogen) atoms. The topological polar surface area (TPSA) is 61.8 Å². The summed E-state index contributed by atoms with van der Waals surface area (Å²) in [6.45, 7) is 0.495. The Balaban J connectivity index is 1.51. The van der Waals surface area contributed by atoms with Crippen LogP contribution in [-0.4, -0.2) is 11.6 Å². The van der Waals surface area contributed by atoms with E-state index < -0.39 is 11.6 Å². The Morgan fingerprint density at radius 1 is 0.452 bits per heavy atom. The molecule has 0 heterocycles. The van der Waals surface area contributed by atoms with Gasteiger partial charge in [0.25, 0.3) is 0 Å². The fraction of sp³-hybridized carbons (Fsp3) is 0.0857. The van der Waals surface area contributed by atoms with Crippen molar-refractivity contribution in [3.63, 3.8) is 0 Å². The molecule has 6 rings (SSSR count). The summed E-state index contributed by atoms with van der Waals surface area (Å²) in [4.78, 5) is 28.3. The molecule has 0 saturated heterocycles. The second-order valence-electron chi connectivity index (χ2n) is 9.71. The minimum atomic E-state index is -0.495. The van der Waals surface area contributed by atoms with Crippen LogP contribution in [0.15, 0.2) is 109 Å². The molecule has 0 radical (unpaired) electrons. The van der Waals surface area contributed by atoms with Crippen molar-refractivity contribution in [2.45, 2.75) is 19.8 Å². The molecule has 5 aromatic rings. The molecule has 0 aliphatic heterocycles. The molecule has 0 unspecified atom stereocenters. The third-order valence-electron chi connectivity index (χ3n) is 6.92. The number of hydrogen-bond acceptors (Lipinski definition) is 5. The molecular formula is C35H24Cl2O5. The fourth-order valence-electron chi connectivity index (χ4n) is 4.87. The molecule has 0 fully saturated rings. The Morgan fingerprint density at radius 2 is 0.857 bits per heavy atom. The van der Waals surface area contributed by atoms with Gasteiger partial charge < -0.3 is 14.2 Å². The van der Waals surface area contributed by atoms with Gasteiger partial charge in [-0.05, 0) is 28.8 Å². The number of ether oxygens (including phenoxy) is 3. The van der Waals surface area contributed by atoms with Gasteiger partial charge in [0.15, 0.2) is 23.1 Å². The molecule has 1 aliphatic carbocycles. The van der Waals surface area contributed by atoms with Gasteiger partial charge in [0.05, 0.1) is 32.3 Å². The molecule has 5 aromatic carbocycles. The quantitative estimate of drug-likeness (QED) is 0.168. The number of halogens is 2. The molecule has 0 spiro atoms. The summed E-state index contributed by atoms with van der Waals surface area (Å²) < 4.78 is 18.8. The summed E-state index contributed by atoms with van der Waals surface area (Å²) in [6.07, 6.45) is 0. The maximum Gasteiger partial charge on any atom is 0.200 e. The van der Waals surface area contributed by atoms with Crippen molar-refractivity contribution in [1.82, 2.24) is 0 Å². The van der Waals surface area contributed by atoms with Gasteiger partial charge >= 0.3 is 0 Å². The van der Waals surface area contributed by atoms with Crippen LogP contribution in [0.3, 0.4) is 0 Å². The summed E-state index contributed by atoms with van der Waals surface area (Å²) >= 11 is 13.0. The van der Waals surface area contributed by atoms with Gasteiger partial charge in [0.1, 0.15) is 25.6 Å². The number of benzene rings is 5. The molecule has 0 aromatic heterocycles. The zero-order chi connectivity index (χ0) is 29.1. The Hall–Kier alpha value is -4.58. The number of carbonyl (C=O) groups is 2. The SMILES string of the molecule is O=C1c2c(Cl)ccc(Cl)c2C(=O)c2c(OCc3ccccc3)c(OCc3ccccc3)cc(OCc3ccccc3)c21. The Kier molecular flexibility index (Phi) is 7.95. The van der Waals surface area contributed by atoms with E-state index >= 15 is 0 Å². The molecule has 1 aliphatic rings. The van der Waals surface area contributed by atoms with E-state index in [0.29, 0.717) is 0 Å². The maximum atomic E-state index is 14.2. The van der Waals surface area contributed by atoms with E-state index in [1.165, 1.54) is 12.1 Å². The van der Waals surface area contributed by atoms with Crippen molar-refractivity contribution in [3.05, 3.63) is 158 Å². The molecule has 0 bridgehead atoms. The van der Waals surface area contributed by atoms with Crippen LogP contribution >= 0.6 is 23.2 Å². The molecule has 7 heteroatoms. The minimum absolute atomic E-state index is 0.0282. The summed E-state index contributed by atoms with van der Waals surface area (Å²) in [5.74, 6) is -0.389. The monoisotopic (exact) mass is 594 g/mol. The Labute approximate surface area is 253 Å². The fourth-order valence-corrected chi connectivity index (χ4v) is 5.36. The Bertz CT molecular complexity index is 1770. The van der Waals surface area contributed by atoms with Crippen molar-refractivity contribution in [2.75, 3.05) is 0 Å². The van der Waals surface area contributed by atoms with Crippen molar-refractivity contribution in [1.29, 1.82) is 0 Å².